The molecule has 0 spiro atoms. The van der Waals surface area contributed by atoms with E-state index in [2.05, 4.69) is 15.9 Å². The molecule has 0 fully saturated rings. The van der Waals surface area contributed by atoms with Crippen LogP contribution in [0.15, 0.2) is 0 Å². The summed E-state index contributed by atoms with van der Waals surface area (Å²) in [4.78, 5) is 17.0. The highest BCUT2D eigenvalue weighted by Crippen LogP contribution is 2.34. The number of rotatable bonds is 8. The first-order chi connectivity index (χ1) is 6.06. The summed E-state index contributed by atoms with van der Waals surface area (Å²) in [5.41, 5.74) is 0.471. The maximum absolute atomic E-state index is 10.4. The molecule has 0 saturated heterocycles. The van der Waals surface area contributed by atoms with Crippen LogP contribution in [0.1, 0.15) is 6.42 Å². The molecule has 5 nitrogen and oxygen atoms in total. The predicted octanol–water partition coefficient (Wildman–Crippen LogP) is 0.940. The lowest BCUT2D eigenvalue weighted by Crippen LogP contribution is -2.05. The third-order valence-corrected chi connectivity index (χ3v) is 2.41. The molecule has 0 aromatic carbocycles. The van der Waals surface area contributed by atoms with E-state index in [-0.39, 0.29) is 6.16 Å². The van der Waals surface area contributed by atoms with Gasteiger partial charge in [-0.05, 0) is 6.42 Å². The fourth-order valence-corrected chi connectivity index (χ4v) is 1.42. The molecule has 80 valence electrons. The Morgan fingerprint density at radius 2 is 1.77 bits per heavy atom. The molecule has 0 radical (unpaired) electrons. The Morgan fingerprint density at radius 1 is 1.15 bits per heavy atom. The van der Waals surface area contributed by atoms with Gasteiger partial charge in [-0.15, -0.1) is 0 Å². The van der Waals surface area contributed by atoms with Crippen molar-refractivity contribution in [2.24, 2.45) is 0 Å². The monoisotopic (exact) mass is 276 g/mol. The quantitative estimate of drug-likeness (QED) is 0.392. The average Bonchev–Trinajstić information content (AvgIpc) is 2.01. The van der Waals surface area contributed by atoms with Crippen molar-refractivity contribution in [3.05, 3.63) is 0 Å². The molecule has 2 N–H and O–H groups in total. The van der Waals surface area contributed by atoms with Gasteiger partial charge in [0, 0.05) is 6.61 Å². The third kappa shape index (κ3) is 12.5. The van der Waals surface area contributed by atoms with Gasteiger partial charge in [0.25, 0.3) is 0 Å². The maximum Gasteiger partial charge on any atom is 0.325 e. The Kier molecular flexibility index (Phi) is 8.24. The molecule has 13 heavy (non-hydrogen) atoms. The molecule has 0 aromatic heterocycles. The van der Waals surface area contributed by atoms with E-state index in [4.69, 9.17) is 19.3 Å². The van der Waals surface area contributed by atoms with Gasteiger partial charge in [-0.25, -0.2) is 0 Å². The first-order valence-electron chi connectivity index (χ1n) is 3.82. The van der Waals surface area contributed by atoms with Crippen LogP contribution < -0.4 is 0 Å². The van der Waals surface area contributed by atoms with Crippen molar-refractivity contribution in [3.8, 4) is 0 Å². The number of hydrogen-bond donors (Lipinski definition) is 2. The molecule has 0 heterocycles. The zero-order chi connectivity index (χ0) is 10.2. The molecule has 0 bridgehead atoms. The van der Waals surface area contributed by atoms with Crippen LogP contribution in [0.25, 0.3) is 0 Å². The largest absolute Gasteiger partial charge is 0.379 e. The fraction of sp³-hybridized carbons (Fsp3) is 1.00. The fourth-order valence-electron chi connectivity index (χ4n) is 0.647. The van der Waals surface area contributed by atoms with E-state index in [0.29, 0.717) is 31.8 Å². The second-order valence-electron chi connectivity index (χ2n) is 2.37. The summed E-state index contributed by atoms with van der Waals surface area (Å²) >= 11 is 3.08. The Bertz CT molecular complexity index is 159. The molecule has 0 aliphatic rings. The lowest BCUT2D eigenvalue weighted by molar-refractivity contribution is 0.0668. The molecular weight excluding hydrogens is 263 g/mol. The van der Waals surface area contributed by atoms with E-state index >= 15 is 0 Å². The number of halogens is 1. The van der Waals surface area contributed by atoms with Gasteiger partial charge in [-0.2, -0.15) is 0 Å². The average molecular weight is 277 g/mol. The zero-order valence-electron chi connectivity index (χ0n) is 7.19. The first-order valence-corrected chi connectivity index (χ1v) is 6.74. The summed E-state index contributed by atoms with van der Waals surface area (Å²) in [7, 11) is -3.85. The summed E-state index contributed by atoms with van der Waals surface area (Å²) in [6.07, 6.45) is 0.255. The zero-order valence-corrected chi connectivity index (χ0v) is 9.67. The molecular formula is C6H14BrO5P. The molecule has 0 aromatic rings. The second-order valence-corrected chi connectivity index (χ2v) is 4.61. The molecule has 0 saturated carbocycles. The standard InChI is InChI=1S/C6H14BrO5P/c7-6-12-4-3-11-2-1-5-13(8,9)10/h1-6H2,(H2,8,9,10). The van der Waals surface area contributed by atoms with Crippen LogP contribution in [0.2, 0.25) is 0 Å². The Balaban J connectivity index is 3.04. The van der Waals surface area contributed by atoms with Gasteiger partial charge in [0.05, 0.1) is 19.4 Å². The van der Waals surface area contributed by atoms with Crippen molar-refractivity contribution in [3.63, 3.8) is 0 Å². The summed E-state index contributed by atoms with van der Waals surface area (Å²) in [6, 6.07) is 0. The minimum Gasteiger partial charge on any atom is -0.379 e. The summed E-state index contributed by atoms with van der Waals surface area (Å²) < 4.78 is 20.3. The van der Waals surface area contributed by atoms with Gasteiger partial charge < -0.3 is 19.3 Å². The highest BCUT2D eigenvalue weighted by molar-refractivity contribution is 9.09. The van der Waals surface area contributed by atoms with Crippen LogP contribution in [0.5, 0.6) is 0 Å². The van der Waals surface area contributed by atoms with Crippen molar-refractivity contribution in [2.45, 2.75) is 6.42 Å². The van der Waals surface area contributed by atoms with E-state index in [9.17, 15) is 4.57 Å². The SMILES string of the molecule is O=P(O)(O)CCCOCCOCBr. The normalized spacial score (nSPS) is 11.9. The van der Waals surface area contributed by atoms with E-state index in [1.807, 2.05) is 0 Å². The number of alkyl halides is 1. The van der Waals surface area contributed by atoms with Crippen molar-refractivity contribution in [1.29, 1.82) is 0 Å². The van der Waals surface area contributed by atoms with Crippen LogP contribution in [-0.2, 0) is 14.0 Å². The van der Waals surface area contributed by atoms with Gasteiger partial charge in [-0.3, -0.25) is 4.57 Å². The highest BCUT2D eigenvalue weighted by atomic mass is 79.9. The van der Waals surface area contributed by atoms with Crippen molar-refractivity contribution in [2.75, 3.05) is 31.5 Å². The molecule has 0 aliphatic heterocycles. The molecule has 0 unspecified atom stereocenters. The Hall–Kier alpha value is 0.550. The van der Waals surface area contributed by atoms with Crippen molar-refractivity contribution in [1.82, 2.24) is 0 Å². The van der Waals surface area contributed by atoms with Gasteiger partial charge in [0.1, 0.15) is 5.52 Å². The van der Waals surface area contributed by atoms with E-state index in [1.54, 1.807) is 0 Å². The molecule has 0 amide bonds. The third-order valence-electron chi connectivity index (χ3n) is 1.19. The maximum atomic E-state index is 10.4. The summed E-state index contributed by atoms with van der Waals surface area (Å²) in [5, 5.41) is 0. The van der Waals surface area contributed by atoms with Gasteiger partial charge in [-0.1, -0.05) is 15.9 Å². The topological polar surface area (TPSA) is 76.0 Å². The van der Waals surface area contributed by atoms with Crippen LogP contribution in [0, 0.1) is 0 Å². The van der Waals surface area contributed by atoms with Crippen LogP contribution in [0.3, 0.4) is 0 Å². The Morgan fingerprint density at radius 3 is 2.31 bits per heavy atom. The second kappa shape index (κ2) is 7.91. The first kappa shape index (κ1) is 13.5. The molecule has 7 heteroatoms. The number of ether oxygens (including phenoxy) is 2. The lowest BCUT2D eigenvalue weighted by atomic mass is 10.5. The number of hydrogen-bond acceptors (Lipinski definition) is 3. The highest BCUT2D eigenvalue weighted by Gasteiger charge is 2.10. The molecule has 0 aliphatic carbocycles. The van der Waals surface area contributed by atoms with Crippen LogP contribution in [0.4, 0.5) is 0 Å². The summed E-state index contributed by atoms with van der Waals surface area (Å²) in [5.74, 6) is 0. The van der Waals surface area contributed by atoms with Gasteiger partial charge in [0.2, 0.25) is 0 Å². The van der Waals surface area contributed by atoms with Gasteiger partial charge >= 0.3 is 7.60 Å². The van der Waals surface area contributed by atoms with Crippen molar-refractivity contribution >= 4 is 23.5 Å². The van der Waals surface area contributed by atoms with E-state index in [0.717, 1.165) is 0 Å². The lowest BCUT2D eigenvalue weighted by Gasteiger charge is -2.04. The molecule has 0 atom stereocenters. The van der Waals surface area contributed by atoms with Crippen LogP contribution >= 0.6 is 23.5 Å². The minimum absolute atomic E-state index is 0.119. The van der Waals surface area contributed by atoms with E-state index in [1.165, 1.54) is 0 Å². The van der Waals surface area contributed by atoms with Crippen LogP contribution in [-0.4, -0.2) is 41.3 Å². The van der Waals surface area contributed by atoms with E-state index < -0.39 is 7.60 Å². The van der Waals surface area contributed by atoms with Crippen molar-refractivity contribution < 1.29 is 23.8 Å². The molecule has 0 rings (SSSR count). The Labute approximate surface area is 85.7 Å². The predicted molar refractivity (Wildman–Crippen MR) is 52.1 cm³/mol. The summed E-state index contributed by atoms with van der Waals surface area (Å²) in [6.45, 7) is 1.30. The van der Waals surface area contributed by atoms with Gasteiger partial charge in [0.15, 0.2) is 0 Å². The smallest absolute Gasteiger partial charge is 0.325 e. The minimum atomic E-state index is -3.85.